The third-order valence-corrected chi connectivity index (χ3v) is 3.05. The summed E-state index contributed by atoms with van der Waals surface area (Å²) in [6.07, 6.45) is 1.04. The van der Waals surface area contributed by atoms with Gasteiger partial charge < -0.3 is 0 Å². The molecule has 0 N–H and O–H groups in total. The molecule has 0 aromatic heterocycles. The topological polar surface area (TPSA) is 21.6 Å². The van der Waals surface area contributed by atoms with Crippen LogP contribution in [0.15, 0.2) is 29.3 Å². The minimum absolute atomic E-state index is 0. The van der Waals surface area contributed by atoms with Crippen molar-refractivity contribution in [1.82, 2.24) is 0 Å². The summed E-state index contributed by atoms with van der Waals surface area (Å²) in [5.74, 6) is 0.784. The average molecular weight is 260 g/mol. The first-order valence-electron chi connectivity index (χ1n) is 4.78. The largest absolute Gasteiger partial charge is 1.00 e. The van der Waals surface area contributed by atoms with Crippen molar-refractivity contribution in [3.63, 3.8) is 0 Å². The molecule has 1 aromatic carbocycles. The molecule has 0 amide bonds. The van der Waals surface area contributed by atoms with Gasteiger partial charge in [-0.3, -0.25) is 0 Å². The monoisotopic (exact) mass is 261 g/mol. The summed E-state index contributed by atoms with van der Waals surface area (Å²) in [5.41, 5.74) is 1.07. The maximum Gasteiger partial charge on any atom is 1.00 e. The van der Waals surface area contributed by atoms with Crippen LogP contribution >= 0.6 is 0 Å². The third kappa shape index (κ3) is 2.89. The van der Waals surface area contributed by atoms with Crippen LogP contribution in [0, 0.1) is 0 Å². The minimum Gasteiger partial charge on any atom is 1.00 e. The van der Waals surface area contributed by atoms with Gasteiger partial charge in [0.2, 0.25) is 0 Å². The van der Waals surface area contributed by atoms with E-state index < -0.39 is 0 Å². The average Bonchev–Trinajstić information content (AvgIpc) is 2.67. The maximum atomic E-state index is 5.55. The summed E-state index contributed by atoms with van der Waals surface area (Å²) in [7, 11) is 0. The van der Waals surface area contributed by atoms with Crippen molar-refractivity contribution in [1.29, 1.82) is 0 Å². The van der Waals surface area contributed by atoms with Crippen molar-refractivity contribution in [2.75, 3.05) is 6.61 Å². The zero-order chi connectivity index (χ0) is 9.97. The van der Waals surface area contributed by atoms with Crippen LogP contribution in [0.3, 0.4) is 0 Å². The molecule has 1 aliphatic rings. The molecule has 0 bridgehead atoms. The van der Waals surface area contributed by atoms with E-state index in [1.54, 1.807) is 0 Å². The van der Waals surface area contributed by atoms with Gasteiger partial charge in [-0.1, -0.05) is 0 Å². The Kier molecular flexibility index (Phi) is 4.95. The summed E-state index contributed by atoms with van der Waals surface area (Å²) in [5, 5.41) is 0. The molecule has 74 valence electrons. The van der Waals surface area contributed by atoms with E-state index >= 15 is 0 Å². The van der Waals surface area contributed by atoms with E-state index in [4.69, 9.17) is 4.74 Å². The van der Waals surface area contributed by atoms with Gasteiger partial charge in [0.1, 0.15) is 0 Å². The van der Waals surface area contributed by atoms with Crippen LogP contribution in [-0.4, -0.2) is 34.6 Å². The fourth-order valence-corrected chi connectivity index (χ4v) is 1.91. The van der Waals surface area contributed by atoms with Gasteiger partial charge in [-0.15, -0.1) is 0 Å². The minimum atomic E-state index is 0. The van der Waals surface area contributed by atoms with Crippen molar-refractivity contribution in [3.05, 3.63) is 29.8 Å². The van der Waals surface area contributed by atoms with Gasteiger partial charge >= 0.3 is 111 Å². The Morgan fingerprint density at radius 3 is 2.80 bits per heavy atom. The van der Waals surface area contributed by atoms with Gasteiger partial charge in [0.05, 0.1) is 0 Å². The number of hydrogen-bond donors (Lipinski definition) is 0. The van der Waals surface area contributed by atoms with Crippen molar-refractivity contribution in [2.24, 2.45) is 4.99 Å². The Hall–Kier alpha value is -0.193. The van der Waals surface area contributed by atoms with E-state index in [9.17, 15) is 0 Å². The molecule has 0 spiro atoms. The normalized spacial score (nSPS) is 19.0. The summed E-state index contributed by atoms with van der Waals surface area (Å²) in [6, 6.07) is 8.40. The number of hydrogen-bond acceptors (Lipinski definition) is 2. The van der Waals surface area contributed by atoms with Gasteiger partial charge in [0.15, 0.2) is 0 Å². The molecule has 2 nitrogen and oxygen atoms in total. The molecule has 1 aliphatic heterocycles. The zero-order valence-corrected chi connectivity index (χ0v) is 10.8. The van der Waals surface area contributed by atoms with Crippen LogP contribution in [0.4, 0.5) is 0 Å². The van der Waals surface area contributed by atoms with Crippen molar-refractivity contribution in [2.45, 2.75) is 19.4 Å². The molecule has 1 heterocycles. The zero-order valence-electron chi connectivity index (χ0n) is 9.06. The molecular weight excluding hydrogens is 248 g/mol. The van der Waals surface area contributed by atoms with E-state index in [1.165, 1.54) is 0 Å². The second-order valence-electron chi connectivity index (χ2n) is 3.30. The van der Waals surface area contributed by atoms with Crippen LogP contribution in [0.25, 0.3) is 0 Å². The predicted molar refractivity (Wildman–Crippen MR) is 58.4 cm³/mol. The Balaban J connectivity index is 0.00000112. The second-order valence-corrected chi connectivity index (χ2v) is 4.23. The molecule has 0 fully saturated rings. The van der Waals surface area contributed by atoms with E-state index in [2.05, 4.69) is 27.9 Å². The second kappa shape index (κ2) is 5.77. The molecule has 4 heteroatoms. The molecular formula is C11H12LiNOSe. The number of ether oxygens (including phenoxy) is 1. The van der Waals surface area contributed by atoms with E-state index in [-0.39, 0.29) is 18.9 Å². The molecule has 0 radical (unpaired) electrons. The first-order chi connectivity index (χ1) is 6.81. The van der Waals surface area contributed by atoms with Crippen molar-refractivity contribution < 1.29 is 23.6 Å². The Morgan fingerprint density at radius 2 is 2.20 bits per heavy atom. The van der Waals surface area contributed by atoms with Crippen LogP contribution in [0.5, 0.6) is 0 Å². The number of rotatable bonds is 2. The SMILES string of the molecule is CC[C@@H]1COC(c2ccccc2[Se-])=N1.[Li+]. The van der Waals surface area contributed by atoms with Crippen LogP contribution in [0.2, 0.25) is 0 Å². The molecule has 0 saturated carbocycles. The molecule has 1 aromatic rings. The Morgan fingerprint density at radius 1 is 1.47 bits per heavy atom. The summed E-state index contributed by atoms with van der Waals surface area (Å²) in [4.78, 5) is 4.51. The van der Waals surface area contributed by atoms with Gasteiger partial charge in [0.25, 0.3) is 0 Å². The fraction of sp³-hybridized carbons (Fsp3) is 0.364. The molecule has 0 saturated heterocycles. The van der Waals surface area contributed by atoms with Crippen molar-refractivity contribution in [3.8, 4) is 0 Å². The van der Waals surface area contributed by atoms with Crippen LogP contribution in [0.1, 0.15) is 18.9 Å². The molecule has 0 unspecified atom stereocenters. The van der Waals surface area contributed by atoms with Crippen LogP contribution in [-0.2, 0) is 4.74 Å². The van der Waals surface area contributed by atoms with Gasteiger partial charge in [0, 0.05) is 0 Å². The van der Waals surface area contributed by atoms with Gasteiger partial charge in [-0.25, -0.2) is 0 Å². The first kappa shape index (κ1) is 12.9. The van der Waals surface area contributed by atoms with Gasteiger partial charge in [-0.2, -0.15) is 0 Å². The first-order valence-corrected chi connectivity index (χ1v) is 5.64. The molecule has 0 aliphatic carbocycles. The number of nitrogens with zero attached hydrogens (tertiary/aromatic N) is 1. The summed E-state index contributed by atoms with van der Waals surface area (Å²) < 4.78 is 6.65. The summed E-state index contributed by atoms with van der Waals surface area (Å²) >= 11 is 3.02. The smallest absolute Gasteiger partial charge is 1.00 e. The molecule has 2 rings (SSSR count). The number of aliphatic imine (C=N–C) groups is 1. The maximum absolute atomic E-state index is 5.55. The standard InChI is InChI=1S/C11H13NOSe.Li/c1-2-8-7-13-11(12-8)9-5-3-4-6-10(9)14;/h3-6,8,14H,2,7H2,1H3;/q;+1/p-1/t8-;/m1./s1. The summed E-state index contributed by atoms with van der Waals surface area (Å²) in [6.45, 7) is 2.85. The predicted octanol–water partition coefficient (Wildman–Crippen LogP) is -1.96. The Labute approximate surface area is 110 Å². The molecule has 15 heavy (non-hydrogen) atoms. The molecule has 1 atom stereocenters. The Bertz CT molecular complexity index is 367. The quantitative estimate of drug-likeness (QED) is 0.566. The van der Waals surface area contributed by atoms with Gasteiger partial charge in [-0.05, 0) is 0 Å². The third-order valence-electron chi connectivity index (χ3n) is 2.30. The van der Waals surface area contributed by atoms with E-state index in [0.29, 0.717) is 6.04 Å². The van der Waals surface area contributed by atoms with E-state index in [1.807, 2.05) is 24.3 Å². The number of benzene rings is 1. The fourth-order valence-electron chi connectivity index (χ4n) is 1.42. The van der Waals surface area contributed by atoms with E-state index in [0.717, 1.165) is 29.0 Å². The van der Waals surface area contributed by atoms with Crippen molar-refractivity contribution >= 4 is 26.4 Å². The van der Waals surface area contributed by atoms with Crippen LogP contribution < -0.4 is 23.3 Å².